The third kappa shape index (κ3) is 6.30. The second-order valence-electron chi connectivity index (χ2n) is 9.01. The van der Waals surface area contributed by atoms with Gasteiger partial charge in [-0.25, -0.2) is 8.42 Å². The molecule has 2 N–H and O–H groups in total. The van der Waals surface area contributed by atoms with E-state index in [4.69, 9.17) is 25.5 Å². The Morgan fingerprint density at radius 2 is 1.69 bits per heavy atom. The summed E-state index contributed by atoms with van der Waals surface area (Å²) in [6.07, 6.45) is 0.753. The average molecular weight is 573 g/mol. The molecule has 0 radical (unpaired) electrons. The highest BCUT2D eigenvalue weighted by atomic mass is 35.5. The van der Waals surface area contributed by atoms with Gasteiger partial charge in [-0.05, 0) is 68.4 Å². The van der Waals surface area contributed by atoms with E-state index in [9.17, 15) is 18.3 Å². The Labute approximate surface area is 231 Å². The number of aliphatic hydroxyl groups is 1. The fourth-order valence-electron chi connectivity index (χ4n) is 4.08. The first-order valence-corrected chi connectivity index (χ1v) is 14.4. The number of hydrogen-bond acceptors (Lipinski definition) is 7. The van der Waals surface area contributed by atoms with Gasteiger partial charge in [0.25, 0.3) is 5.91 Å². The van der Waals surface area contributed by atoms with Crippen LogP contribution in [0.1, 0.15) is 24.2 Å². The normalized spacial score (nSPS) is 11.6. The Balaban J connectivity index is 1.84. The quantitative estimate of drug-likeness (QED) is 0.259. The van der Waals surface area contributed by atoms with E-state index < -0.39 is 16.6 Å². The molecular formula is C28H29ClN2O7S. The van der Waals surface area contributed by atoms with Crippen LogP contribution in [0.3, 0.4) is 0 Å². The van der Waals surface area contributed by atoms with Crippen LogP contribution in [-0.4, -0.2) is 52.0 Å². The van der Waals surface area contributed by atoms with Crippen molar-refractivity contribution in [3.05, 3.63) is 71.2 Å². The molecule has 206 valence electrons. The van der Waals surface area contributed by atoms with E-state index in [0.717, 1.165) is 10.6 Å². The smallest absolute Gasteiger partial charge is 0.255 e. The predicted molar refractivity (Wildman–Crippen MR) is 152 cm³/mol. The number of halogens is 1. The lowest BCUT2D eigenvalue weighted by atomic mass is 10.0. The molecule has 4 rings (SSSR count). The first kappa shape index (κ1) is 28.3. The molecule has 0 bridgehead atoms. The second-order valence-corrected chi connectivity index (χ2v) is 11.4. The highest BCUT2D eigenvalue weighted by Crippen LogP contribution is 2.41. The van der Waals surface area contributed by atoms with Gasteiger partial charge in [-0.3, -0.25) is 9.10 Å². The van der Waals surface area contributed by atoms with Crippen molar-refractivity contribution in [3.63, 3.8) is 0 Å². The lowest BCUT2D eigenvalue weighted by molar-refractivity contribution is 0.0964. The number of aliphatic hydroxyl groups excluding tert-OH is 1. The van der Waals surface area contributed by atoms with Crippen LogP contribution in [-0.2, 0) is 10.0 Å². The topological polar surface area (TPSA) is 118 Å². The minimum atomic E-state index is -3.77. The number of carbonyl (C=O) groups excluding carboxylic acids is 1. The molecule has 1 heterocycles. The number of sulfonamides is 1. The van der Waals surface area contributed by atoms with Gasteiger partial charge in [-0.2, -0.15) is 0 Å². The van der Waals surface area contributed by atoms with E-state index in [-0.39, 0.29) is 41.1 Å². The number of furan rings is 1. The summed E-state index contributed by atoms with van der Waals surface area (Å²) in [5.41, 5.74) is 1.36. The minimum absolute atomic E-state index is 0.177. The highest BCUT2D eigenvalue weighted by Gasteiger charge is 2.27. The summed E-state index contributed by atoms with van der Waals surface area (Å²) in [7, 11) is -2.25. The zero-order chi connectivity index (χ0) is 28.3. The van der Waals surface area contributed by atoms with E-state index >= 15 is 0 Å². The fourth-order valence-corrected chi connectivity index (χ4v) is 5.12. The van der Waals surface area contributed by atoms with Gasteiger partial charge in [0.1, 0.15) is 28.6 Å². The van der Waals surface area contributed by atoms with E-state index in [1.165, 1.54) is 13.1 Å². The van der Waals surface area contributed by atoms with Crippen LogP contribution in [0.2, 0.25) is 5.02 Å². The minimum Gasteiger partial charge on any atom is -0.489 e. The third-order valence-corrected chi connectivity index (χ3v) is 7.16. The van der Waals surface area contributed by atoms with Gasteiger partial charge in [0.05, 0.1) is 36.8 Å². The molecule has 4 aromatic rings. The summed E-state index contributed by atoms with van der Waals surface area (Å²) < 4.78 is 44.2. The number of rotatable bonds is 10. The maximum atomic E-state index is 13.0. The third-order valence-electron chi connectivity index (χ3n) is 5.72. The van der Waals surface area contributed by atoms with Crippen molar-refractivity contribution in [1.82, 2.24) is 5.32 Å². The molecule has 39 heavy (non-hydrogen) atoms. The molecule has 0 saturated heterocycles. The average Bonchev–Trinajstić information content (AvgIpc) is 3.25. The molecule has 3 aromatic carbocycles. The van der Waals surface area contributed by atoms with E-state index in [1.807, 2.05) is 0 Å². The van der Waals surface area contributed by atoms with Crippen LogP contribution in [0, 0.1) is 0 Å². The molecule has 0 fully saturated rings. The summed E-state index contributed by atoms with van der Waals surface area (Å²) >= 11 is 5.94. The zero-order valence-corrected chi connectivity index (χ0v) is 23.5. The molecule has 0 unspecified atom stereocenters. The summed E-state index contributed by atoms with van der Waals surface area (Å²) in [6, 6.07) is 17.1. The van der Waals surface area contributed by atoms with Gasteiger partial charge in [0.2, 0.25) is 10.0 Å². The van der Waals surface area contributed by atoms with Crippen LogP contribution in [0.4, 0.5) is 5.69 Å². The Morgan fingerprint density at radius 3 is 2.23 bits per heavy atom. The predicted octanol–water partition coefficient (Wildman–Crippen LogP) is 5.45. The standard InChI is InChI=1S/C28H29ClN2O7S/c1-17(2)36-25-15-22-24(16-23(25)31(13-14-32)39(4,34)35)38-27(26(22)28(33)30-3)18-5-9-20(10-6-18)37-21-11-7-19(29)8-12-21/h5-12,15-17,32H,13-14H2,1-4H3,(H,30,33). The van der Waals surface area contributed by atoms with Crippen LogP contribution in [0.15, 0.2) is 65.1 Å². The molecular weight excluding hydrogens is 544 g/mol. The van der Waals surface area contributed by atoms with Gasteiger partial charge < -0.3 is 24.3 Å². The van der Waals surface area contributed by atoms with Crippen molar-refractivity contribution in [2.45, 2.75) is 20.0 Å². The van der Waals surface area contributed by atoms with Crippen molar-refractivity contribution in [2.24, 2.45) is 0 Å². The molecule has 11 heteroatoms. The van der Waals surface area contributed by atoms with Gasteiger partial charge in [-0.15, -0.1) is 0 Å². The monoisotopic (exact) mass is 572 g/mol. The number of nitrogens with one attached hydrogen (secondary N) is 1. The fraction of sp³-hybridized carbons (Fsp3) is 0.250. The van der Waals surface area contributed by atoms with Crippen molar-refractivity contribution >= 4 is 44.2 Å². The SMILES string of the molecule is CNC(=O)c1c(-c2ccc(Oc3ccc(Cl)cc3)cc2)oc2cc(N(CCO)S(C)(=O)=O)c(OC(C)C)cc12. The Bertz CT molecular complexity index is 1580. The number of carbonyl (C=O) groups is 1. The second kappa shape index (κ2) is 11.6. The van der Waals surface area contributed by atoms with Gasteiger partial charge in [0.15, 0.2) is 0 Å². The molecule has 0 aliphatic carbocycles. The molecule has 1 aromatic heterocycles. The number of amides is 1. The number of ether oxygens (including phenoxy) is 2. The van der Waals surface area contributed by atoms with E-state index in [1.54, 1.807) is 68.4 Å². The van der Waals surface area contributed by atoms with Crippen LogP contribution in [0.25, 0.3) is 22.3 Å². The van der Waals surface area contributed by atoms with Gasteiger partial charge in [-0.1, -0.05) is 11.6 Å². The van der Waals surface area contributed by atoms with E-state index in [0.29, 0.717) is 33.2 Å². The lowest BCUT2D eigenvalue weighted by Gasteiger charge is -2.25. The molecule has 0 saturated carbocycles. The van der Waals surface area contributed by atoms with Crippen molar-refractivity contribution < 1.29 is 32.2 Å². The van der Waals surface area contributed by atoms with Crippen molar-refractivity contribution in [3.8, 4) is 28.6 Å². The summed E-state index contributed by atoms with van der Waals surface area (Å²) in [5.74, 6) is 1.33. The molecule has 0 aliphatic heterocycles. The summed E-state index contributed by atoms with van der Waals surface area (Å²) in [6.45, 7) is 3.03. The van der Waals surface area contributed by atoms with Crippen molar-refractivity contribution in [1.29, 1.82) is 0 Å². The first-order chi connectivity index (χ1) is 18.5. The number of fused-ring (bicyclic) bond motifs is 1. The summed E-state index contributed by atoms with van der Waals surface area (Å²) in [4.78, 5) is 13.0. The van der Waals surface area contributed by atoms with Crippen LogP contribution in [0.5, 0.6) is 17.2 Å². The zero-order valence-electron chi connectivity index (χ0n) is 21.9. The maximum absolute atomic E-state index is 13.0. The highest BCUT2D eigenvalue weighted by molar-refractivity contribution is 7.92. The molecule has 0 atom stereocenters. The Morgan fingerprint density at radius 1 is 1.08 bits per heavy atom. The maximum Gasteiger partial charge on any atom is 0.255 e. The Hall–Kier alpha value is -3.73. The number of anilines is 1. The van der Waals surface area contributed by atoms with Gasteiger partial charge >= 0.3 is 0 Å². The lowest BCUT2D eigenvalue weighted by Crippen LogP contribution is -2.33. The molecule has 9 nitrogen and oxygen atoms in total. The summed E-state index contributed by atoms with van der Waals surface area (Å²) in [5, 5.41) is 13.2. The number of hydrogen-bond donors (Lipinski definition) is 2. The number of benzene rings is 3. The largest absolute Gasteiger partial charge is 0.489 e. The van der Waals surface area contributed by atoms with Crippen LogP contribution < -0.4 is 19.1 Å². The van der Waals surface area contributed by atoms with Gasteiger partial charge in [0, 0.05) is 29.1 Å². The van der Waals surface area contributed by atoms with Crippen LogP contribution >= 0.6 is 11.6 Å². The first-order valence-electron chi connectivity index (χ1n) is 12.1. The molecule has 0 spiro atoms. The molecule has 0 aliphatic rings. The number of nitrogens with zero attached hydrogens (tertiary/aromatic N) is 1. The Kier molecular flexibility index (Phi) is 8.39. The van der Waals surface area contributed by atoms with E-state index in [2.05, 4.69) is 5.32 Å². The van der Waals surface area contributed by atoms with Crippen molar-refractivity contribution in [2.75, 3.05) is 30.8 Å². The molecule has 1 amide bonds.